The molecule has 2 rings (SSSR count). The molecule has 108 valence electrons. The first kappa shape index (κ1) is 15.1. The van der Waals surface area contributed by atoms with Crippen LogP contribution < -0.4 is 10.1 Å². The fourth-order valence-corrected chi connectivity index (χ4v) is 3.12. The van der Waals surface area contributed by atoms with Gasteiger partial charge in [0.15, 0.2) is 0 Å². The van der Waals surface area contributed by atoms with Gasteiger partial charge in [-0.15, -0.1) is 11.3 Å². The van der Waals surface area contributed by atoms with Gasteiger partial charge in [-0.2, -0.15) is 0 Å². The van der Waals surface area contributed by atoms with Gasteiger partial charge in [0.2, 0.25) is 0 Å². The lowest BCUT2D eigenvalue weighted by Crippen LogP contribution is -2.23. The van der Waals surface area contributed by atoms with Crippen molar-refractivity contribution >= 4 is 11.3 Å². The van der Waals surface area contributed by atoms with Crippen molar-refractivity contribution in [2.75, 3.05) is 13.7 Å². The molecule has 2 aromatic rings. The van der Waals surface area contributed by atoms with Crippen LogP contribution in [0.5, 0.6) is 5.75 Å². The monoisotopic (exact) mass is 289 g/mol. The summed E-state index contributed by atoms with van der Waals surface area (Å²) >= 11 is 1.82. The summed E-state index contributed by atoms with van der Waals surface area (Å²) in [6.07, 6.45) is 2.10. The van der Waals surface area contributed by atoms with Crippen LogP contribution in [0, 0.1) is 6.92 Å². The molecule has 0 aliphatic heterocycles. The lowest BCUT2D eigenvalue weighted by atomic mass is 10.00. The standard InChI is InChI=1S/C17H23NOS/c1-4-9-18-16(15-10-13(2)20-12-15)11-14-7-5-6-8-17(14)19-3/h5-8,10,12,16,18H,4,9,11H2,1-3H3. The molecule has 3 heteroatoms. The second kappa shape index (κ2) is 7.46. The summed E-state index contributed by atoms with van der Waals surface area (Å²) in [7, 11) is 1.74. The Hall–Kier alpha value is -1.32. The molecule has 1 aromatic heterocycles. The van der Waals surface area contributed by atoms with Crippen LogP contribution in [0.4, 0.5) is 0 Å². The third-order valence-electron chi connectivity index (χ3n) is 3.41. The van der Waals surface area contributed by atoms with Gasteiger partial charge in [0.05, 0.1) is 7.11 Å². The maximum Gasteiger partial charge on any atom is 0.122 e. The Morgan fingerprint density at radius 3 is 2.75 bits per heavy atom. The quantitative estimate of drug-likeness (QED) is 0.818. The Kier molecular flexibility index (Phi) is 5.62. The molecule has 20 heavy (non-hydrogen) atoms. The van der Waals surface area contributed by atoms with E-state index in [9.17, 15) is 0 Å². The van der Waals surface area contributed by atoms with Gasteiger partial charge in [0, 0.05) is 10.9 Å². The second-order valence-corrected chi connectivity index (χ2v) is 6.13. The highest BCUT2D eigenvalue weighted by atomic mass is 32.1. The molecule has 0 saturated heterocycles. The van der Waals surface area contributed by atoms with Gasteiger partial charge in [0.1, 0.15) is 5.75 Å². The average molecular weight is 289 g/mol. The molecule has 1 heterocycles. The Balaban J connectivity index is 2.19. The van der Waals surface area contributed by atoms with E-state index in [4.69, 9.17) is 4.74 Å². The van der Waals surface area contributed by atoms with Crippen LogP contribution in [0.1, 0.15) is 35.4 Å². The SMILES string of the molecule is CCCNC(Cc1ccccc1OC)c1csc(C)c1. The highest BCUT2D eigenvalue weighted by Gasteiger charge is 2.15. The first-order valence-electron chi connectivity index (χ1n) is 7.15. The maximum atomic E-state index is 5.47. The van der Waals surface area contributed by atoms with Crippen LogP contribution >= 0.6 is 11.3 Å². The molecule has 0 saturated carbocycles. The normalized spacial score (nSPS) is 12.3. The largest absolute Gasteiger partial charge is 0.496 e. The Morgan fingerprint density at radius 2 is 2.10 bits per heavy atom. The van der Waals surface area contributed by atoms with Crippen molar-refractivity contribution < 1.29 is 4.74 Å². The van der Waals surface area contributed by atoms with E-state index >= 15 is 0 Å². The summed E-state index contributed by atoms with van der Waals surface area (Å²) < 4.78 is 5.47. The van der Waals surface area contributed by atoms with E-state index in [2.05, 4.69) is 42.7 Å². The van der Waals surface area contributed by atoms with Gasteiger partial charge < -0.3 is 10.1 Å². The molecular formula is C17H23NOS. The van der Waals surface area contributed by atoms with E-state index in [1.54, 1.807) is 7.11 Å². The number of hydrogen-bond donors (Lipinski definition) is 1. The lowest BCUT2D eigenvalue weighted by molar-refractivity contribution is 0.405. The van der Waals surface area contributed by atoms with E-state index in [1.165, 1.54) is 16.0 Å². The summed E-state index contributed by atoms with van der Waals surface area (Å²) in [4.78, 5) is 1.36. The molecule has 1 N–H and O–H groups in total. The number of benzene rings is 1. The summed E-state index contributed by atoms with van der Waals surface area (Å²) in [5.41, 5.74) is 2.64. The Bertz CT molecular complexity index is 535. The van der Waals surface area contributed by atoms with Gasteiger partial charge in [-0.25, -0.2) is 0 Å². The average Bonchev–Trinajstić information content (AvgIpc) is 2.90. The van der Waals surface area contributed by atoms with Gasteiger partial charge in [-0.05, 0) is 54.9 Å². The van der Waals surface area contributed by atoms with E-state index < -0.39 is 0 Å². The van der Waals surface area contributed by atoms with Gasteiger partial charge >= 0.3 is 0 Å². The molecule has 0 spiro atoms. The number of nitrogens with one attached hydrogen (secondary N) is 1. The number of rotatable bonds is 7. The summed E-state index contributed by atoms with van der Waals surface area (Å²) in [6, 6.07) is 10.9. The zero-order valence-corrected chi connectivity index (χ0v) is 13.3. The van der Waals surface area contributed by atoms with Gasteiger partial charge in [-0.1, -0.05) is 25.1 Å². The van der Waals surface area contributed by atoms with Crippen molar-refractivity contribution in [3.63, 3.8) is 0 Å². The molecule has 0 fully saturated rings. The van der Waals surface area contributed by atoms with Crippen molar-refractivity contribution in [2.24, 2.45) is 0 Å². The summed E-state index contributed by atoms with van der Waals surface area (Å²) in [6.45, 7) is 5.40. The van der Waals surface area contributed by atoms with Crippen LogP contribution in [0.2, 0.25) is 0 Å². The molecule has 1 atom stereocenters. The number of methoxy groups -OCH3 is 1. The minimum Gasteiger partial charge on any atom is -0.496 e. The summed E-state index contributed by atoms with van der Waals surface area (Å²) in [5, 5.41) is 5.91. The van der Waals surface area contributed by atoms with Crippen molar-refractivity contribution in [1.29, 1.82) is 0 Å². The number of aryl methyl sites for hydroxylation is 1. The number of para-hydroxylation sites is 1. The van der Waals surface area contributed by atoms with Crippen LogP contribution in [-0.4, -0.2) is 13.7 Å². The zero-order chi connectivity index (χ0) is 14.4. The zero-order valence-electron chi connectivity index (χ0n) is 12.5. The number of ether oxygens (including phenoxy) is 1. The predicted octanol–water partition coefficient (Wildman–Crippen LogP) is 4.35. The Morgan fingerprint density at radius 1 is 1.30 bits per heavy atom. The molecule has 0 amide bonds. The highest BCUT2D eigenvalue weighted by molar-refractivity contribution is 7.10. The van der Waals surface area contributed by atoms with Crippen LogP contribution in [0.15, 0.2) is 35.7 Å². The van der Waals surface area contributed by atoms with E-state index in [0.29, 0.717) is 6.04 Å². The van der Waals surface area contributed by atoms with Crippen molar-refractivity contribution in [2.45, 2.75) is 32.7 Å². The highest BCUT2D eigenvalue weighted by Crippen LogP contribution is 2.27. The summed E-state index contributed by atoms with van der Waals surface area (Å²) in [5.74, 6) is 0.975. The molecule has 1 aromatic carbocycles. The molecule has 0 aliphatic carbocycles. The van der Waals surface area contributed by atoms with Crippen molar-refractivity contribution in [1.82, 2.24) is 5.32 Å². The lowest BCUT2D eigenvalue weighted by Gasteiger charge is -2.19. The van der Waals surface area contributed by atoms with E-state index in [1.807, 2.05) is 23.5 Å². The minimum absolute atomic E-state index is 0.358. The Labute approximate surface area is 125 Å². The van der Waals surface area contributed by atoms with Crippen molar-refractivity contribution in [3.05, 3.63) is 51.7 Å². The predicted molar refractivity (Wildman–Crippen MR) is 86.8 cm³/mol. The van der Waals surface area contributed by atoms with E-state index in [0.717, 1.165) is 25.1 Å². The molecule has 0 radical (unpaired) electrons. The maximum absolute atomic E-state index is 5.47. The molecule has 0 aliphatic rings. The first-order chi connectivity index (χ1) is 9.74. The van der Waals surface area contributed by atoms with Crippen LogP contribution in [0.3, 0.4) is 0 Å². The van der Waals surface area contributed by atoms with Crippen molar-refractivity contribution in [3.8, 4) is 5.75 Å². The third kappa shape index (κ3) is 3.84. The molecule has 1 unspecified atom stereocenters. The van der Waals surface area contributed by atoms with Gasteiger partial charge in [-0.3, -0.25) is 0 Å². The first-order valence-corrected chi connectivity index (χ1v) is 8.03. The number of thiophene rings is 1. The molecule has 2 nitrogen and oxygen atoms in total. The van der Waals surface area contributed by atoms with E-state index in [-0.39, 0.29) is 0 Å². The molecule has 0 bridgehead atoms. The third-order valence-corrected chi connectivity index (χ3v) is 4.29. The topological polar surface area (TPSA) is 21.3 Å². The fourth-order valence-electron chi connectivity index (χ4n) is 2.36. The number of hydrogen-bond acceptors (Lipinski definition) is 3. The van der Waals surface area contributed by atoms with Crippen LogP contribution in [-0.2, 0) is 6.42 Å². The van der Waals surface area contributed by atoms with Gasteiger partial charge in [0.25, 0.3) is 0 Å². The van der Waals surface area contributed by atoms with Crippen LogP contribution in [0.25, 0.3) is 0 Å². The molecular weight excluding hydrogens is 266 g/mol. The fraction of sp³-hybridized carbons (Fsp3) is 0.412. The second-order valence-electron chi connectivity index (χ2n) is 5.01. The smallest absolute Gasteiger partial charge is 0.122 e. The minimum atomic E-state index is 0.358.